The summed E-state index contributed by atoms with van der Waals surface area (Å²) in [6.45, 7) is 6.35. The van der Waals surface area contributed by atoms with Crippen molar-refractivity contribution in [2.75, 3.05) is 13.2 Å². The molecule has 0 aliphatic carbocycles. The highest BCUT2D eigenvalue weighted by Gasteiger charge is 2.42. The number of nitrogens with zero attached hydrogens (tertiary/aromatic N) is 2. The van der Waals surface area contributed by atoms with E-state index < -0.39 is 6.04 Å². The fraction of sp³-hybridized carbons (Fsp3) is 0.583. The summed E-state index contributed by atoms with van der Waals surface area (Å²) in [7, 11) is 0. The molecule has 2 aliphatic heterocycles. The van der Waals surface area contributed by atoms with Gasteiger partial charge in [0.15, 0.2) is 0 Å². The van der Waals surface area contributed by atoms with Gasteiger partial charge in [0.05, 0.1) is 18.7 Å². The number of rotatable bonds is 3. The third-order valence-electron chi connectivity index (χ3n) is 3.07. The lowest BCUT2D eigenvalue weighted by Crippen LogP contribution is -2.47. The highest BCUT2D eigenvalue weighted by molar-refractivity contribution is 5.99. The van der Waals surface area contributed by atoms with Crippen LogP contribution in [0, 0.1) is 5.92 Å². The van der Waals surface area contributed by atoms with E-state index in [0.717, 1.165) is 5.57 Å². The largest absolute Gasteiger partial charge is 0.463 e. The van der Waals surface area contributed by atoms with E-state index in [2.05, 4.69) is 10.4 Å². The molecule has 1 atom stereocenters. The highest BCUT2D eigenvalue weighted by atomic mass is 16.5. The fourth-order valence-electron chi connectivity index (χ4n) is 2.36. The fourth-order valence-corrected chi connectivity index (χ4v) is 2.36. The molecule has 6 heteroatoms. The van der Waals surface area contributed by atoms with Gasteiger partial charge in [-0.25, -0.2) is 4.79 Å². The monoisotopic (exact) mass is 251 g/mol. The minimum atomic E-state index is -0.477. The summed E-state index contributed by atoms with van der Waals surface area (Å²) in [6.07, 6.45) is 1.35. The van der Waals surface area contributed by atoms with E-state index in [1.54, 1.807) is 11.9 Å². The number of hydrogen-bond acceptors (Lipinski definition) is 5. The van der Waals surface area contributed by atoms with Crippen molar-refractivity contribution in [3.63, 3.8) is 0 Å². The summed E-state index contributed by atoms with van der Waals surface area (Å²) in [4.78, 5) is 23.8. The van der Waals surface area contributed by atoms with Crippen LogP contribution in [0.2, 0.25) is 0 Å². The number of amides is 1. The molecule has 0 aromatic carbocycles. The molecule has 0 spiro atoms. The van der Waals surface area contributed by atoms with Crippen LogP contribution in [-0.4, -0.2) is 42.4 Å². The Kier molecular flexibility index (Phi) is 3.36. The second kappa shape index (κ2) is 4.80. The maximum Gasteiger partial charge on any atom is 0.335 e. The van der Waals surface area contributed by atoms with Gasteiger partial charge in [-0.15, -0.1) is 0 Å². The van der Waals surface area contributed by atoms with Crippen molar-refractivity contribution >= 4 is 18.2 Å². The number of nitrogens with one attached hydrogen (secondary N) is 1. The minimum Gasteiger partial charge on any atom is -0.463 e. The number of carbonyl (C=O) groups excluding carboxylic acids is 2. The topological polar surface area (TPSA) is 71.0 Å². The van der Waals surface area contributed by atoms with Crippen LogP contribution in [0.15, 0.2) is 16.2 Å². The molecule has 0 aromatic rings. The zero-order valence-corrected chi connectivity index (χ0v) is 10.8. The van der Waals surface area contributed by atoms with E-state index >= 15 is 0 Å². The molecule has 0 bridgehead atoms. The van der Waals surface area contributed by atoms with Gasteiger partial charge < -0.3 is 10.1 Å². The second-order valence-electron chi connectivity index (χ2n) is 4.56. The number of hydrazone groups is 1. The lowest BCUT2D eigenvalue weighted by molar-refractivity contribution is -0.138. The maximum atomic E-state index is 11.9. The molecule has 2 aliphatic rings. The SMILES string of the molecule is CCOC(=O)C1=C(C(C)C)[C@@H]2C(=O)NC=NN2C1. The lowest BCUT2D eigenvalue weighted by Gasteiger charge is -2.27. The van der Waals surface area contributed by atoms with Crippen LogP contribution in [0.3, 0.4) is 0 Å². The van der Waals surface area contributed by atoms with E-state index in [1.807, 2.05) is 13.8 Å². The Morgan fingerprint density at radius 3 is 3.00 bits per heavy atom. The highest BCUT2D eigenvalue weighted by Crippen LogP contribution is 2.32. The van der Waals surface area contributed by atoms with E-state index in [-0.39, 0.29) is 17.8 Å². The molecule has 6 nitrogen and oxygen atoms in total. The van der Waals surface area contributed by atoms with Crippen LogP contribution in [-0.2, 0) is 14.3 Å². The van der Waals surface area contributed by atoms with Crippen molar-refractivity contribution in [3.8, 4) is 0 Å². The molecule has 2 rings (SSSR count). The van der Waals surface area contributed by atoms with E-state index in [0.29, 0.717) is 18.7 Å². The first-order valence-corrected chi connectivity index (χ1v) is 6.05. The third kappa shape index (κ3) is 1.98. The summed E-state index contributed by atoms with van der Waals surface area (Å²) in [5.41, 5.74) is 1.37. The van der Waals surface area contributed by atoms with Crippen LogP contribution < -0.4 is 5.32 Å². The number of fused-ring (bicyclic) bond motifs is 1. The summed E-state index contributed by atoms with van der Waals surface area (Å²) < 4.78 is 5.04. The first kappa shape index (κ1) is 12.6. The Morgan fingerprint density at radius 1 is 1.67 bits per heavy atom. The number of esters is 1. The Hall–Kier alpha value is -1.85. The van der Waals surface area contributed by atoms with Gasteiger partial charge in [-0.3, -0.25) is 9.80 Å². The standard InChI is InChI=1S/C12H17N3O3/c1-4-18-12(17)8-5-15-10(9(8)7(2)3)11(16)13-6-14-15/h6-7,10H,4-5H2,1-3H3,(H,13,14,16)/t10-/m1/s1. The third-order valence-corrected chi connectivity index (χ3v) is 3.07. The normalized spacial score (nSPS) is 22.3. The van der Waals surface area contributed by atoms with Crippen LogP contribution in [0.1, 0.15) is 20.8 Å². The molecular weight excluding hydrogens is 234 g/mol. The molecule has 1 amide bonds. The average Bonchev–Trinajstić information content (AvgIpc) is 2.70. The van der Waals surface area contributed by atoms with E-state index in [9.17, 15) is 9.59 Å². The van der Waals surface area contributed by atoms with E-state index in [4.69, 9.17) is 4.74 Å². The average molecular weight is 251 g/mol. The van der Waals surface area contributed by atoms with E-state index in [1.165, 1.54) is 6.34 Å². The Bertz CT molecular complexity index is 440. The molecule has 1 N–H and O–H groups in total. The summed E-state index contributed by atoms with van der Waals surface area (Å²) in [6, 6.07) is -0.477. The van der Waals surface area contributed by atoms with Crippen molar-refractivity contribution in [2.24, 2.45) is 11.0 Å². The molecule has 0 radical (unpaired) electrons. The van der Waals surface area contributed by atoms with Crippen LogP contribution in [0.25, 0.3) is 0 Å². The molecule has 0 unspecified atom stereocenters. The molecule has 2 heterocycles. The van der Waals surface area contributed by atoms with Crippen molar-refractivity contribution in [1.82, 2.24) is 10.3 Å². The molecule has 0 saturated carbocycles. The number of ether oxygens (including phenoxy) is 1. The Labute approximate surface area is 106 Å². The minimum absolute atomic E-state index is 0.0958. The van der Waals surface area contributed by atoms with Crippen molar-refractivity contribution in [2.45, 2.75) is 26.8 Å². The number of carbonyl (C=O) groups is 2. The molecule has 98 valence electrons. The zero-order valence-electron chi connectivity index (χ0n) is 10.8. The summed E-state index contributed by atoms with van der Waals surface area (Å²) >= 11 is 0. The first-order valence-electron chi connectivity index (χ1n) is 6.05. The molecular formula is C12H17N3O3. The van der Waals surface area contributed by atoms with Gasteiger partial charge in [0.25, 0.3) is 5.91 Å². The van der Waals surface area contributed by atoms with Crippen molar-refractivity contribution in [1.29, 1.82) is 0 Å². The Morgan fingerprint density at radius 2 is 2.39 bits per heavy atom. The van der Waals surface area contributed by atoms with Crippen LogP contribution in [0.5, 0.6) is 0 Å². The van der Waals surface area contributed by atoms with Gasteiger partial charge in [-0.1, -0.05) is 13.8 Å². The quantitative estimate of drug-likeness (QED) is 0.730. The van der Waals surface area contributed by atoms with Crippen molar-refractivity contribution in [3.05, 3.63) is 11.1 Å². The van der Waals surface area contributed by atoms with Crippen LogP contribution in [0.4, 0.5) is 0 Å². The van der Waals surface area contributed by atoms with Gasteiger partial charge in [-0.05, 0) is 18.4 Å². The van der Waals surface area contributed by atoms with Gasteiger partial charge >= 0.3 is 5.97 Å². The second-order valence-corrected chi connectivity index (χ2v) is 4.56. The van der Waals surface area contributed by atoms with Crippen LogP contribution >= 0.6 is 0 Å². The molecule has 0 saturated heterocycles. The number of hydrogen-bond donors (Lipinski definition) is 1. The predicted molar refractivity (Wildman–Crippen MR) is 65.6 cm³/mol. The first-order chi connectivity index (χ1) is 8.56. The van der Waals surface area contributed by atoms with Gasteiger partial charge in [0.2, 0.25) is 0 Å². The maximum absolute atomic E-state index is 11.9. The zero-order chi connectivity index (χ0) is 13.3. The molecule has 0 aromatic heterocycles. The van der Waals surface area contributed by atoms with Gasteiger partial charge in [0.1, 0.15) is 12.4 Å². The summed E-state index contributed by atoms with van der Waals surface area (Å²) in [5, 5.41) is 8.29. The smallest absolute Gasteiger partial charge is 0.335 e. The van der Waals surface area contributed by atoms with Gasteiger partial charge in [-0.2, -0.15) is 5.10 Å². The Balaban J connectivity index is 2.38. The lowest BCUT2D eigenvalue weighted by atomic mass is 9.93. The van der Waals surface area contributed by atoms with Gasteiger partial charge in [0, 0.05) is 0 Å². The van der Waals surface area contributed by atoms with Crippen molar-refractivity contribution < 1.29 is 14.3 Å². The summed E-state index contributed by atoms with van der Waals surface area (Å²) in [5.74, 6) is -0.398. The predicted octanol–water partition coefficient (Wildman–Crippen LogP) is 0.259. The molecule has 0 fully saturated rings. The molecule has 18 heavy (non-hydrogen) atoms.